The zero-order valence-corrected chi connectivity index (χ0v) is 13.1. The van der Waals surface area contributed by atoms with Crippen LogP contribution in [-0.2, 0) is 9.53 Å². The molecule has 0 atom stereocenters. The lowest BCUT2D eigenvalue weighted by molar-refractivity contribution is -0.117. The number of carbonyl (C=O) groups excluding carboxylic acids is 1. The maximum atomic E-state index is 11.7. The van der Waals surface area contributed by atoms with Crippen LogP contribution in [0.3, 0.4) is 0 Å². The van der Waals surface area contributed by atoms with Crippen LogP contribution in [-0.4, -0.2) is 31.2 Å². The van der Waals surface area contributed by atoms with Crippen LogP contribution >= 0.6 is 0 Å². The summed E-state index contributed by atoms with van der Waals surface area (Å²) in [6.07, 6.45) is 4.40. The Balaban J connectivity index is 3.92. The second-order valence-corrected chi connectivity index (χ2v) is 5.64. The van der Waals surface area contributed by atoms with Crippen molar-refractivity contribution in [3.63, 3.8) is 0 Å². The van der Waals surface area contributed by atoms with Gasteiger partial charge in [-0.2, -0.15) is 5.26 Å². The Morgan fingerprint density at radius 2 is 1.95 bits per heavy atom. The highest BCUT2D eigenvalue weighted by molar-refractivity contribution is 5.97. The van der Waals surface area contributed by atoms with Gasteiger partial charge in [-0.1, -0.05) is 13.3 Å². The molecule has 0 bridgehead atoms. The molecule has 5 heteroatoms. The van der Waals surface area contributed by atoms with E-state index in [9.17, 15) is 4.79 Å². The molecule has 2 N–H and O–H groups in total. The molecule has 0 aliphatic carbocycles. The Morgan fingerprint density at radius 1 is 1.30 bits per heavy atom. The van der Waals surface area contributed by atoms with Gasteiger partial charge in [0.15, 0.2) is 0 Å². The lowest BCUT2D eigenvalue weighted by Gasteiger charge is -2.18. The van der Waals surface area contributed by atoms with Gasteiger partial charge in [-0.05, 0) is 33.6 Å². The van der Waals surface area contributed by atoms with E-state index in [1.807, 2.05) is 26.8 Å². The van der Waals surface area contributed by atoms with Crippen LogP contribution in [0.25, 0.3) is 0 Å². The maximum Gasteiger partial charge on any atom is 0.263 e. The smallest absolute Gasteiger partial charge is 0.263 e. The molecule has 5 nitrogen and oxygen atoms in total. The first kappa shape index (κ1) is 18.5. The van der Waals surface area contributed by atoms with Crippen LogP contribution in [0, 0.1) is 11.3 Å². The van der Waals surface area contributed by atoms with Crippen LogP contribution in [0.1, 0.15) is 47.0 Å². The summed E-state index contributed by atoms with van der Waals surface area (Å²) in [4.78, 5) is 11.7. The lowest BCUT2D eigenvalue weighted by Crippen LogP contribution is -2.33. The van der Waals surface area contributed by atoms with E-state index >= 15 is 0 Å². The molecule has 0 saturated heterocycles. The predicted molar refractivity (Wildman–Crippen MR) is 79.9 cm³/mol. The first-order valence-electron chi connectivity index (χ1n) is 7.14. The first-order valence-corrected chi connectivity index (χ1v) is 7.14. The second kappa shape index (κ2) is 10.3. The number of nitrogens with one attached hydrogen (secondary N) is 2. The first-order chi connectivity index (χ1) is 9.40. The van der Waals surface area contributed by atoms with Gasteiger partial charge in [0.05, 0.1) is 0 Å². The fourth-order valence-electron chi connectivity index (χ4n) is 1.26. The average molecular weight is 281 g/mol. The van der Waals surface area contributed by atoms with Crippen LogP contribution in [0.4, 0.5) is 0 Å². The third-order valence-corrected chi connectivity index (χ3v) is 2.41. The van der Waals surface area contributed by atoms with E-state index in [-0.39, 0.29) is 17.0 Å². The molecule has 0 rings (SSSR count). The van der Waals surface area contributed by atoms with Gasteiger partial charge in [-0.15, -0.1) is 0 Å². The number of carbonyl (C=O) groups is 1. The van der Waals surface area contributed by atoms with Gasteiger partial charge in [0, 0.05) is 31.5 Å². The molecule has 114 valence electrons. The molecule has 0 unspecified atom stereocenters. The van der Waals surface area contributed by atoms with E-state index in [0.717, 1.165) is 25.9 Å². The summed E-state index contributed by atoms with van der Waals surface area (Å²) in [6.45, 7) is 9.91. The number of hydrogen-bond donors (Lipinski definition) is 2. The van der Waals surface area contributed by atoms with Crippen molar-refractivity contribution in [2.24, 2.45) is 0 Å². The fraction of sp³-hybridized carbons (Fsp3) is 0.733. The number of nitriles is 1. The van der Waals surface area contributed by atoms with E-state index in [2.05, 4.69) is 17.6 Å². The fourth-order valence-corrected chi connectivity index (χ4v) is 1.26. The lowest BCUT2D eigenvalue weighted by atomic mass is 10.1. The van der Waals surface area contributed by atoms with Crippen molar-refractivity contribution in [1.29, 1.82) is 5.26 Å². The van der Waals surface area contributed by atoms with Crippen molar-refractivity contribution in [1.82, 2.24) is 10.6 Å². The van der Waals surface area contributed by atoms with E-state index in [4.69, 9.17) is 10.00 Å². The summed E-state index contributed by atoms with van der Waals surface area (Å²) in [6, 6.07) is 1.90. The molecule has 0 fully saturated rings. The number of rotatable bonds is 9. The Morgan fingerprint density at radius 3 is 2.50 bits per heavy atom. The number of unbranched alkanes of at least 4 members (excludes halogenated alkanes) is 1. The summed E-state index contributed by atoms with van der Waals surface area (Å²) in [5.41, 5.74) is -0.0815. The summed E-state index contributed by atoms with van der Waals surface area (Å²) in [5, 5.41) is 14.7. The highest BCUT2D eigenvalue weighted by atomic mass is 16.5. The summed E-state index contributed by atoms with van der Waals surface area (Å²) < 4.78 is 5.39. The van der Waals surface area contributed by atoms with Crippen molar-refractivity contribution >= 4 is 5.91 Å². The molecule has 0 aliphatic heterocycles. The van der Waals surface area contributed by atoms with Gasteiger partial charge in [0.1, 0.15) is 11.6 Å². The highest BCUT2D eigenvalue weighted by Crippen LogP contribution is 2.00. The summed E-state index contributed by atoms with van der Waals surface area (Å²) in [5.74, 6) is -0.349. The third kappa shape index (κ3) is 10.4. The molecule has 0 aliphatic rings. The minimum absolute atomic E-state index is 0.0897. The third-order valence-electron chi connectivity index (χ3n) is 2.41. The van der Waals surface area contributed by atoms with E-state index in [1.165, 1.54) is 6.20 Å². The van der Waals surface area contributed by atoms with Gasteiger partial charge >= 0.3 is 0 Å². The van der Waals surface area contributed by atoms with Crippen LogP contribution in [0.5, 0.6) is 0 Å². The van der Waals surface area contributed by atoms with Crippen LogP contribution in [0.15, 0.2) is 11.8 Å². The van der Waals surface area contributed by atoms with Gasteiger partial charge < -0.3 is 15.4 Å². The van der Waals surface area contributed by atoms with Crippen LogP contribution in [0.2, 0.25) is 0 Å². The maximum absolute atomic E-state index is 11.7. The van der Waals surface area contributed by atoms with Crippen molar-refractivity contribution in [3.8, 4) is 6.07 Å². The van der Waals surface area contributed by atoms with Crippen molar-refractivity contribution in [2.45, 2.75) is 52.5 Å². The Hall–Kier alpha value is -1.54. The average Bonchev–Trinajstić information content (AvgIpc) is 2.37. The molecular weight excluding hydrogens is 254 g/mol. The molecular formula is C15H27N3O2. The van der Waals surface area contributed by atoms with E-state index in [1.54, 1.807) is 0 Å². The number of hydrogen-bond acceptors (Lipinski definition) is 4. The standard InChI is InChI=1S/C15H27N3O2/c1-5-6-9-20-10-7-8-17-14(19)13(11-16)12-18-15(2,3)4/h12,18H,5-10H2,1-4H3,(H,17,19)/b13-12-. The zero-order valence-electron chi connectivity index (χ0n) is 13.1. The quantitative estimate of drug-likeness (QED) is 0.385. The molecule has 20 heavy (non-hydrogen) atoms. The summed E-state index contributed by atoms with van der Waals surface area (Å²) >= 11 is 0. The Bertz CT molecular complexity index is 351. The molecule has 1 amide bonds. The number of amides is 1. The molecule has 0 aromatic carbocycles. The highest BCUT2D eigenvalue weighted by Gasteiger charge is 2.11. The summed E-state index contributed by atoms with van der Waals surface area (Å²) in [7, 11) is 0. The Labute approximate surface area is 122 Å². The topological polar surface area (TPSA) is 74.1 Å². The molecule has 0 saturated carbocycles. The molecule has 0 aromatic rings. The molecule has 0 heterocycles. The molecule has 0 spiro atoms. The predicted octanol–water partition coefficient (Wildman–Crippen LogP) is 2.10. The largest absolute Gasteiger partial charge is 0.385 e. The SMILES string of the molecule is CCCCOCCCNC(=O)/C(C#N)=C\NC(C)(C)C. The van der Waals surface area contributed by atoms with E-state index in [0.29, 0.717) is 13.2 Å². The van der Waals surface area contributed by atoms with Gasteiger partial charge in [-0.25, -0.2) is 0 Å². The second-order valence-electron chi connectivity index (χ2n) is 5.64. The van der Waals surface area contributed by atoms with Gasteiger partial charge in [-0.3, -0.25) is 4.79 Å². The normalized spacial score (nSPS) is 11.8. The zero-order chi connectivity index (χ0) is 15.4. The van der Waals surface area contributed by atoms with Gasteiger partial charge in [0.25, 0.3) is 5.91 Å². The molecule has 0 radical (unpaired) electrons. The van der Waals surface area contributed by atoms with Crippen molar-refractivity contribution < 1.29 is 9.53 Å². The van der Waals surface area contributed by atoms with Crippen LogP contribution < -0.4 is 10.6 Å². The van der Waals surface area contributed by atoms with Gasteiger partial charge in [0.2, 0.25) is 0 Å². The van der Waals surface area contributed by atoms with Crippen molar-refractivity contribution in [2.75, 3.05) is 19.8 Å². The van der Waals surface area contributed by atoms with Crippen molar-refractivity contribution in [3.05, 3.63) is 11.8 Å². The minimum Gasteiger partial charge on any atom is -0.385 e. The number of nitrogens with zero attached hydrogens (tertiary/aromatic N) is 1. The number of ether oxygens (including phenoxy) is 1. The minimum atomic E-state index is -0.349. The monoisotopic (exact) mass is 281 g/mol. The van der Waals surface area contributed by atoms with E-state index < -0.39 is 0 Å². The molecule has 0 aromatic heterocycles. The Kier molecular flexibility index (Phi) is 9.48.